The molecule has 2 unspecified atom stereocenters. The topological polar surface area (TPSA) is 63.6 Å². The van der Waals surface area contributed by atoms with E-state index < -0.39 is 11.4 Å². The van der Waals surface area contributed by atoms with Crippen LogP contribution in [0.1, 0.15) is 67.3 Å². The largest absolute Gasteiger partial charge is 0.481 e. The van der Waals surface area contributed by atoms with Crippen LogP contribution in [0.15, 0.2) is 24.3 Å². The zero-order chi connectivity index (χ0) is 16.2. The summed E-state index contributed by atoms with van der Waals surface area (Å²) in [6, 6.07) is 7.40. The van der Waals surface area contributed by atoms with E-state index in [0.29, 0.717) is 18.4 Å². The van der Waals surface area contributed by atoms with Crippen molar-refractivity contribution in [3.05, 3.63) is 35.4 Å². The molecule has 0 aliphatic heterocycles. The number of benzene rings is 1. The van der Waals surface area contributed by atoms with Gasteiger partial charge in [-0.15, -0.1) is 0 Å². The lowest BCUT2D eigenvalue weighted by Gasteiger charge is -2.29. The van der Waals surface area contributed by atoms with Gasteiger partial charge < -0.3 is 9.84 Å². The molecule has 0 bridgehead atoms. The van der Waals surface area contributed by atoms with Crippen LogP contribution < -0.4 is 0 Å². The van der Waals surface area contributed by atoms with Crippen molar-refractivity contribution in [3.8, 4) is 0 Å². The van der Waals surface area contributed by atoms with Gasteiger partial charge in [-0.2, -0.15) is 0 Å². The minimum Gasteiger partial charge on any atom is -0.481 e. The van der Waals surface area contributed by atoms with E-state index in [4.69, 9.17) is 4.74 Å². The summed E-state index contributed by atoms with van der Waals surface area (Å²) in [5.41, 5.74) is 1.04. The van der Waals surface area contributed by atoms with Crippen molar-refractivity contribution < 1.29 is 19.4 Å². The number of carbonyl (C=O) groups is 2. The smallest absolute Gasteiger partial charge is 0.337 e. The fourth-order valence-electron chi connectivity index (χ4n) is 3.49. The quantitative estimate of drug-likeness (QED) is 0.674. The SMILES string of the molecule is CCC1(C(=O)O)CCCCC(c2ccc(C(=O)OC)cc2)C1. The lowest BCUT2D eigenvalue weighted by atomic mass is 9.74. The fourth-order valence-corrected chi connectivity index (χ4v) is 3.49. The van der Waals surface area contributed by atoms with Gasteiger partial charge in [0.25, 0.3) is 0 Å². The Balaban J connectivity index is 2.23. The van der Waals surface area contributed by atoms with Gasteiger partial charge in [-0.05, 0) is 49.3 Å². The van der Waals surface area contributed by atoms with E-state index in [-0.39, 0.29) is 11.9 Å². The highest BCUT2D eigenvalue weighted by atomic mass is 16.5. The van der Waals surface area contributed by atoms with Crippen molar-refractivity contribution in [3.63, 3.8) is 0 Å². The molecule has 0 radical (unpaired) electrons. The van der Waals surface area contributed by atoms with Crippen molar-refractivity contribution in [1.29, 1.82) is 0 Å². The van der Waals surface area contributed by atoms with Crippen LogP contribution >= 0.6 is 0 Å². The fraction of sp³-hybridized carbons (Fsp3) is 0.556. The predicted molar refractivity (Wildman–Crippen MR) is 84.0 cm³/mol. The molecule has 0 saturated heterocycles. The van der Waals surface area contributed by atoms with Crippen LogP contribution in [0.2, 0.25) is 0 Å². The normalized spacial score (nSPS) is 25.3. The summed E-state index contributed by atoms with van der Waals surface area (Å²) >= 11 is 0. The Morgan fingerprint density at radius 1 is 1.27 bits per heavy atom. The van der Waals surface area contributed by atoms with Crippen LogP contribution in [0.5, 0.6) is 0 Å². The Bertz CT molecular complexity index is 535. The lowest BCUT2D eigenvalue weighted by molar-refractivity contribution is -0.150. The van der Waals surface area contributed by atoms with E-state index in [1.54, 1.807) is 12.1 Å². The van der Waals surface area contributed by atoms with Gasteiger partial charge in [0.15, 0.2) is 0 Å². The van der Waals surface area contributed by atoms with Crippen molar-refractivity contribution in [2.75, 3.05) is 7.11 Å². The van der Waals surface area contributed by atoms with Gasteiger partial charge in [0.05, 0.1) is 18.1 Å². The predicted octanol–water partition coefficient (Wildman–Crippen LogP) is 4.00. The second-order valence-corrected chi connectivity index (χ2v) is 6.20. The summed E-state index contributed by atoms with van der Waals surface area (Å²) in [5, 5.41) is 9.67. The maximum atomic E-state index is 11.8. The number of esters is 1. The number of hydrogen-bond acceptors (Lipinski definition) is 3. The number of methoxy groups -OCH3 is 1. The lowest BCUT2D eigenvalue weighted by Crippen LogP contribution is -2.31. The van der Waals surface area contributed by atoms with Gasteiger partial charge in [0, 0.05) is 0 Å². The number of carboxylic acid groups (broad SMARTS) is 1. The molecule has 1 aromatic carbocycles. The van der Waals surface area contributed by atoms with E-state index in [1.165, 1.54) is 7.11 Å². The van der Waals surface area contributed by atoms with E-state index in [1.807, 2.05) is 19.1 Å². The van der Waals surface area contributed by atoms with Crippen molar-refractivity contribution in [2.24, 2.45) is 5.41 Å². The summed E-state index contributed by atoms with van der Waals surface area (Å²) in [6.07, 6.45) is 5.13. The second kappa shape index (κ2) is 6.95. The minimum absolute atomic E-state index is 0.241. The number of rotatable bonds is 4. The zero-order valence-electron chi connectivity index (χ0n) is 13.3. The number of carbonyl (C=O) groups excluding carboxylic acids is 1. The van der Waals surface area contributed by atoms with Crippen LogP contribution in [0.3, 0.4) is 0 Å². The molecule has 0 heterocycles. The molecule has 1 N–H and O–H groups in total. The summed E-state index contributed by atoms with van der Waals surface area (Å²) in [7, 11) is 1.37. The molecule has 120 valence electrons. The Labute approximate surface area is 131 Å². The van der Waals surface area contributed by atoms with E-state index in [2.05, 4.69) is 0 Å². The molecule has 22 heavy (non-hydrogen) atoms. The van der Waals surface area contributed by atoms with E-state index in [9.17, 15) is 14.7 Å². The summed E-state index contributed by atoms with van der Waals surface area (Å²) in [5.74, 6) is -0.779. The van der Waals surface area contributed by atoms with Crippen LogP contribution in [0, 0.1) is 5.41 Å². The third kappa shape index (κ3) is 3.32. The van der Waals surface area contributed by atoms with Gasteiger partial charge in [-0.3, -0.25) is 4.79 Å². The number of carboxylic acids is 1. The van der Waals surface area contributed by atoms with Crippen molar-refractivity contribution in [1.82, 2.24) is 0 Å². The van der Waals surface area contributed by atoms with Gasteiger partial charge in [-0.25, -0.2) is 4.79 Å². The maximum absolute atomic E-state index is 11.8. The maximum Gasteiger partial charge on any atom is 0.337 e. The third-order valence-corrected chi connectivity index (χ3v) is 5.03. The monoisotopic (exact) mass is 304 g/mol. The Kier molecular flexibility index (Phi) is 5.22. The summed E-state index contributed by atoms with van der Waals surface area (Å²) in [6.45, 7) is 1.97. The van der Waals surface area contributed by atoms with Crippen LogP contribution in [0.4, 0.5) is 0 Å². The Morgan fingerprint density at radius 3 is 2.50 bits per heavy atom. The van der Waals surface area contributed by atoms with Gasteiger partial charge in [0.2, 0.25) is 0 Å². The summed E-state index contributed by atoms with van der Waals surface area (Å²) in [4.78, 5) is 23.3. The van der Waals surface area contributed by atoms with E-state index >= 15 is 0 Å². The Hall–Kier alpha value is -1.84. The Morgan fingerprint density at radius 2 is 1.95 bits per heavy atom. The molecule has 2 atom stereocenters. The molecule has 1 aliphatic rings. The molecule has 0 aromatic heterocycles. The average molecular weight is 304 g/mol. The zero-order valence-corrected chi connectivity index (χ0v) is 13.3. The first-order chi connectivity index (χ1) is 10.5. The van der Waals surface area contributed by atoms with E-state index in [0.717, 1.165) is 31.2 Å². The molecule has 1 fully saturated rings. The standard InChI is InChI=1S/C18H24O4/c1-3-18(17(20)21)11-5-4-6-15(12-18)13-7-9-14(10-8-13)16(19)22-2/h7-10,15H,3-6,11-12H2,1-2H3,(H,20,21). The highest BCUT2D eigenvalue weighted by Crippen LogP contribution is 2.44. The van der Waals surface area contributed by atoms with Crippen molar-refractivity contribution in [2.45, 2.75) is 51.4 Å². The average Bonchev–Trinajstić information content (AvgIpc) is 2.78. The molecule has 1 saturated carbocycles. The first kappa shape index (κ1) is 16.5. The van der Waals surface area contributed by atoms with Crippen LogP contribution in [-0.4, -0.2) is 24.2 Å². The molecular formula is C18H24O4. The first-order valence-electron chi connectivity index (χ1n) is 7.94. The molecule has 0 amide bonds. The molecular weight excluding hydrogens is 280 g/mol. The molecule has 4 heteroatoms. The molecule has 4 nitrogen and oxygen atoms in total. The van der Waals surface area contributed by atoms with Gasteiger partial charge >= 0.3 is 11.9 Å². The molecule has 0 spiro atoms. The number of ether oxygens (including phenoxy) is 1. The van der Waals surface area contributed by atoms with Gasteiger partial charge in [0.1, 0.15) is 0 Å². The first-order valence-corrected chi connectivity index (χ1v) is 7.94. The molecule has 2 rings (SSSR count). The van der Waals surface area contributed by atoms with Crippen molar-refractivity contribution >= 4 is 11.9 Å². The third-order valence-electron chi connectivity index (χ3n) is 5.03. The van der Waals surface area contributed by atoms with Crippen LogP contribution in [-0.2, 0) is 9.53 Å². The van der Waals surface area contributed by atoms with Gasteiger partial charge in [-0.1, -0.05) is 31.9 Å². The number of hydrogen-bond donors (Lipinski definition) is 1. The highest BCUT2D eigenvalue weighted by Gasteiger charge is 2.40. The van der Waals surface area contributed by atoms with Crippen LogP contribution in [0.25, 0.3) is 0 Å². The minimum atomic E-state index is -0.673. The summed E-state index contributed by atoms with van der Waals surface area (Å²) < 4.78 is 4.71. The molecule has 1 aliphatic carbocycles. The highest BCUT2D eigenvalue weighted by molar-refractivity contribution is 5.89. The second-order valence-electron chi connectivity index (χ2n) is 6.20. The number of aliphatic carboxylic acids is 1. The molecule has 1 aromatic rings.